The molecule has 5 nitrogen and oxygen atoms in total. The molecule has 1 rings (SSSR count). The van der Waals surface area contributed by atoms with Crippen molar-refractivity contribution < 1.29 is 4.79 Å². The number of nitrogens with two attached hydrogens (primary N) is 1. The summed E-state index contributed by atoms with van der Waals surface area (Å²) in [6.07, 6.45) is 16.2. The van der Waals surface area contributed by atoms with E-state index >= 15 is 0 Å². The summed E-state index contributed by atoms with van der Waals surface area (Å²) in [5, 5.41) is 3.30. The number of likely N-dealkylation sites (N-methyl/N-ethyl adjacent to an activating group) is 1. The molecule has 3 N–H and O–H groups in total. The molecular weight excluding hydrogens is 444 g/mol. The predicted octanol–water partition coefficient (Wildman–Crippen LogP) is 6.17. The van der Waals surface area contributed by atoms with Crippen molar-refractivity contribution in [3.05, 3.63) is 59.5 Å². The average Bonchev–Trinajstić information content (AvgIpc) is 3.54. The molecule has 0 bridgehead atoms. The predicted molar refractivity (Wildman–Crippen MR) is 156 cm³/mol. The van der Waals surface area contributed by atoms with E-state index in [2.05, 4.69) is 75.6 Å². The fourth-order valence-corrected chi connectivity index (χ4v) is 4.38. The van der Waals surface area contributed by atoms with Crippen LogP contribution in [0.4, 0.5) is 0 Å². The minimum absolute atomic E-state index is 0.0959. The van der Waals surface area contributed by atoms with E-state index in [1.165, 1.54) is 12.0 Å². The second-order valence-electron chi connectivity index (χ2n) is 10.6. The maximum Gasteiger partial charge on any atom is 0.251 e. The molecule has 0 saturated heterocycles. The molecule has 0 radical (unpaired) electrons. The Kier molecular flexibility index (Phi) is 14.5. The maximum absolute atomic E-state index is 13.7. The summed E-state index contributed by atoms with van der Waals surface area (Å²) in [7, 11) is 4.14. The highest BCUT2D eigenvalue weighted by molar-refractivity contribution is 5.97. The Morgan fingerprint density at radius 2 is 1.83 bits per heavy atom. The summed E-state index contributed by atoms with van der Waals surface area (Å²) in [5.74, 6) is 1.40. The minimum atomic E-state index is -0.143. The van der Waals surface area contributed by atoms with Gasteiger partial charge in [0.05, 0.1) is 0 Å². The Morgan fingerprint density at radius 3 is 2.36 bits per heavy atom. The van der Waals surface area contributed by atoms with E-state index in [1.807, 2.05) is 32.1 Å². The van der Waals surface area contributed by atoms with Crippen molar-refractivity contribution in [2.75, 3.05) is 27.2 Å². The lowest BCUT2D eigenvalue weighted by atomic mass is 9.95. The molecule has 1 saturated carbocycles. The van der Waals surface area contributed by atoms with Gasteiger partial charge < -0.3 is 20.9 Å². The molecule has 36 heavy (non-hydrogen) atoms. The van der Waals surface area contributed by atoms with Crippen molar-refractivity contribution in [2.24, 2.45) is 17.6 Å². The third kappa shape index (κ3) is 11.2. The first-order valence-corrected chi connectivity index (χ1v) is 13.9. The zero-order chi connectivity index (χ0) is 27.3. The molecule has 5 heteroatoms. The molecule has 0 aromatic carbocycles. The van der Waals surface area contributed by atoms with Gasteiger partial charge in [-0.2, -0.15) is 0 Å². The van der Waals surface area contributed by atoms with Gasteiger partial charge >= 0.3 is 0 Å². The van der Waals surface area contributed by atoms with Crippen LogP contribution in [-0.2, 0) is 4.79 Å². The number of unbranched alkanes of at least 4 members (excludes halogenated alkanes) is 1. The van der Waals surface area contributed by atoms with E-state index in [0.29, 0.717) is 12.0 Å². The molecule has 204 valence electrons. The van der Waals surface area contributed by atoms with Gasteiger partial charge in [-0.15, -0.1) is 0 Å². The van der Waals surface area contributed by atoms with E-state index in [0.717, 1.165) is 62.0 Å². The summed E-state index contributed by atoms with van der Waals surface area (Å²) in [4.78, 5) is 18.1. The van der Waals surface area contributed by atoms with Crippen LogP contribution >= 0.6 is 0 Å². The molecule has 1 amide bonds. The van der Waals surface area contributed by atoms with Crippen LogP contribution in [-0.4, -0.2) is 55.0 Å². The number of hydrogen-bond acceptors (Lipinski definition) is 4. The van der Waals surface area contributed by atoms with Crippen LogP contribution in [0.3, 0.4) is 0 Å². The van der Waals surface area contributed by atoms with E-state index in [4.69, 9.17) is 5.73 Å². The molecule has 1 aliphatic carbocycles. The van der Waals surface area contributed by atoms with Crippen molar-refractivity contribution in [2.45, 2.75) is 92.2 Å². The van der Waals surface area contributed by atoms with E-state index in [-0.39, 0.29) is 18.0 Å². The zero-order valence-corrected chi connectivity index (χ0v) is 24.4. The van der Waals surface area contributed by atoms with Gasteiger partial charge in [-0.25, -0.2) is 0 Å². The largest absolute Gasteiger partial charge is 0.378 e. The van der Waals surface area contributed by atoms with Gasteiger partial charge in [0.1, 0.15) is 0 Å². The minimum Gasteiger partial charge on any atom is -0.378 e. The van der Waals surface area contributed by atoms with Gasteiger partial charge in [0.2, 0.25) is 0 Å². The topological polar surface area (TPSA) is 61.6 Å². The first-order valence-electron chi connectivity index (χ1n) is 13.9. The third-order valence-corrected chi connectivity index (χ3v) is 7.32. The summed E-state index contributed by atoms with van der Waals surface area (Å²) in [5.41, 5.74) is 10.3. The monoisotopic (exact) mass is 498 g/mol. The van der Waals surface area contributed by atoms with E-state index < -0.39 is 0 Å². The van der Waals surface area contributed by atoms with E-state index in [9.17, 15) is 4.79 Å². The van der Waals surface area contributed by atoms with Crippen molar-refractivity contribution >= 4 is 5.91 Å². The number of rotatable bonds is 17. The van der Waals surface area contributed by atoms with Crippen LogP contribution in [0.15, 0.2) is 59.5 Å². The summed E-state index contributed by atoms with van der Waals surface area (Å²) in [6.45, 7) is 18.9. The second-order valence-corrected chi connectivity index (χ2v) is 10.6. The highest BCUT2D eigenvalue weighted by Crippen LogP contribution is 2.38. The average molecular weight is 499 g/mol. The van der Waals surface area contributed by atoms with E-state index in [1.54, 1.807) is 0 Å². The van der Waals surface area contributed by atoms with Gasteiger partial charge in [0.15, 0.2) is 0 Å². The molecule has 0 aromatic rings. The first kappa shape index (κ1) is 31.8. The van der Waals surface area contributed by atoms with Gasteiger partial charge in [0.25, 0.3) is 5.91 Å². The lowest BCUT2D eigenvalue weighted by Crippen LogP contribution is -2.48. The summed E-state index contributed by atoms with van der Waals surface area (Å²) < 4.78 is 0. The molecule has 0 spiro atoms. The fourth-order valence-electron chi connectivity index (χ4n) is 4.38. The molecular formula is C31H54N4O. The van der Waals surface area contributed by atoms with Gasteiger partial charge in [-0.3, -0.25) is 4.79 Å². The lowest BCUT2D eigenvalue weighted by Gasteiger charge is -2.27. The Balaban J connectivity index is 3.23. The number of amides is 1. The smallest absolute Gasteiger partial charge is 0.251 e. The molecule has 4 atom stereocenters. The normalized spacial score (nSPS) is 20.3. The molecule has 0 aliphatic heterocycles. The number of hydrogen-bond donors (Lipinski definition) is 2. The zero-order valence-electron chi connectivity index (χ0n) is 24.4. The molecule has 3 unspecified atom stereocenters. The lowest BCUT2D eigenvalue weighted by molar-refractivity contribution is -0.118. The van der Waals surface area contributed by atoms with Gasteiger partial charge in [-0.1, -0.05) is 64.0 Å². The van der Waals surface area contributed by atoms with Crippen molar-refractivity contribution in [3.63, 3.8) is 0 Å². The first-order chi connectivity index (χ1) is 17.1. The third-order valence-electron chi connectivity index (χ3n) is 7.32. The van der Waals surface area contributed by atoms with Crippen LogP contribution in [0, 0.1) is 11.8 Å². The summed E-state index contributed by atoms with van der Waals surface area (Å²) >= 11 is 0. The van der Waals surface area contributed by atoms with Crippen molar-refractivity contribution in [1.82, 2.24) is 15.1 Å². The number of allylic oxidation sites excluding steroid dienone is 5. The Bertz CT molecular complexity index is 822. The SMILES string of the molecule is C=C(/C=C(\C=C(/C)N(C)CCC)C(=O)N[C@@H](CC(/C=C\C)=C/C)C(N)CCCC)N(C)CC1CC1C. The molecule has 1 fully saturated rings. The highest BCUT2D eigenvalue weighted by atomic mass is 16.1. The van der Waals surface area contributed by atoms with Crippen LogP contribution in [0.5, 0.6) is 0 Å². The van der Waals surface area contributed by atoms with Gasteiger partial charge in [-0.05, 0) is 70.4 Å². The highest BCUT2D eigenvalue weighted by Gasteiger charge is 2.33. The molecule has 1 aliphatic rings. The molecule has 0 aromatic heterocycles. The van der Waals surface area contributed by atoms with Crippen LogP contribution < -0.4 is 11.1 Å². The quantitative estimate of drug-likeness (QED) is 0.186. The van der Waals surface area contributed by atoms with Crippen molar-refractivity contribution in [1.29, 1.82) is 0 Å². The van der Waals surface area contributed by atoms with Crippen LogP contribution in [0.1, 0.15) is 80.1 Å². The fraction of sp³-hybridized carbons (Fsp3) is 0.645. The van der Waals surface area contributed by atoms with Gasteiger partial charge in [0, 0.05) is 56.2 Å². The maximum atomic E-state index is 13.7. The standard InChI is InChI=1S/C31H54N4O/c1-10-14-16-29(32)30(21-26(13-4)15-11-2)33-31(36)27(19-24(6)34(8)17-12-3)20-25(7)35(9)22-28-18-23(28)5/h11,13,15,19-20,23,28-30H,7,10,12,14,16-18,21-22,32H2,1-6,8-9H3,(H,33,36)/b15-11-,24-19+,26-13+,27-20+/t23?,28?,29?,30-/m0/s1. The van der Waals surface area contributed by atoms with Crippen molar-refractivity contribution in [3.8, 4) is 0 Å². The number of carbonyl (C=O) groups is 1. The Labute approximate surface area is 222 Å². The molecule has 0 heterocycles. The Hall–Kier alpha value is -2.27. The Morgan fingerprint density at radius 1 is 1.17 bits per heavy atom. The van der Waals surface area contributed by atoms with Crippen LogP contribution in [0.25, 0.3) is 0 Å². The number of nitrogens with zero attached hydrogens (tertiary/aromatic N) is 2. The number of nitrogens with one attached hydrogen (secondary N) is 1. The second kappa shape index (κ2) is 16.5. The number of carbonyl (C=O) groups excluding carboxylic acids is 1. The summed E-state index contributed by atoms with van der Waals surface area (Å²) in [6, 6.07) is -0.249. The van der Waals surface area contributed by atoms with Crippen LogP contribution in [0.2, 0.25) is 0 Å².